The van der Waals surface area contributed by atoms with E-state index < -0.39 is 35.2 Å². The Morgan fingerprint density at radius 3 is 2.40 bits per heavy atom. The van der Waals surface area contributed by atoms with Gasteiger partial charge in [0.05, 0.1) is 11.7 Å². The lowest BCUT2D eigenvalue weighted by molar-refractivity contribution is -0.137. The molecule has 3 atom stereocenters. The number of primary amides is 1. The maximum Gasteiger partial charge on any atom is 0.416 e. The summed E-state index contributed by atoms with van der Waals surface area (Å²) in [5.74, 6) is -1.93. The summed E-state index contributed by atoms with van der Waals surface area (Å²) in [6.45, 7) is 4.81. The number of benzene rings is 2. The molecule has 1 heterocycles. The number of nitrogens with one attached hydrogen (secondary N) is 3. The summed E-state index contributed by atoms with van der Waals surface area (Å²) in [5, 5.41) is 19.0. The number of likely N-dealkylation sites (N-methyl/N-ethyl adjacent to an activating group) is 1. The van der Waals surface area contributed by atoms with E-state index >= 15 is 0 Å². The molecule has 0 radical (unpaired) electrons. The highest BCUT2D eigenvalue weighted by Crippen LogP contribution is 2.34. The molecule has 6 N–H and O–H groups in total. The number of carbonyl (C=O) groups excluding carboxylic acids is 2. The van der Waals surface area contributed by atoms with Crippen molar-refractivity contribution in [3.05, 3.63) is 83.1 Å². The molecule has 230 valence electrons. The largest absolute Gasteiger partial charge is 0.416 e. The molecule has 1 unspecified atom stereocenters. The van der Waals surface area contributed by atoms with Crippen LogP contribution in [-0.2, 0) is 28.7 Å². The number of halogens is 3. The molecule has 8 nitrogen and oxygen atoms in total. The summed E-state index contributed by atoms with van der Waals surface area (Å²) >= 11 is 0. The van der Waals surface area contributed by atoms with Gasteiger partial charge in [0, 0.05) is 32.1 Å². The molecule has 0 bridgehead atoms. The Kier molecular flexibility index (Phi) is 12.0. The molecule has 0 saturated heterocycles. The Hall–Kier alpha value is -3.41. The first-order valence-electron chi connectivity index (χ1n) is 14.5. The smallest absolute Gasteiger partial charge is 0.391 e. The van der Waals surface area contributed by atoms with E-state index in [1.165, 1.54) is 12.1 Å². The van der Waals surface area contributed by atoms with Crippen LogP contribution in [0.15, 0.2) is 66.4 Å². The first kappa shape index (κ1) is 33.1. The molecule has 3 rings (SSSR count). The summed E-state index contributed by atoms with van der Waals surface area (Å²) in [6.07, 6.45) is 0.0982. The van der Waals surface area contributed by atoms with Crippen molar-refractivity contribution in [1.82, 2.24) is 21.1 Å². The number of hydrogen-bond donors (Lipinski definition) is 5. The van der Waals surface area contributed by atoms with Gasteiger partial charge in [-0.1, -0.05) is 74.7 Å². The lowest BCUT2D eigenvalue weighted by atomic mass is 9.76. The van der Waals surface area contributed by atoms with Gasteiger partial charge in [0.15, 0.2) is 0 Å². The number of aliphatic hydroxyl groups is 1. The second-order valence-corrected chi connectivity index (χ2v) is 10.6. The fourth-order valence-corrected chi connectivity index (χ4v) is 5.22. The van der Waals surface area contributed by atoms with Gasteiger partial charge in [-0.3, -0.25) is 9.59 Å². The van der Waals surface area contributed by atoms with Crippen molar-refractivity contribution in [2.45, 2.75) is 70.3 Å². The van der Waals surface area contributed by atoms with Gasteiger partial charge < -0.3 is 26.5 Å². The Bertz CT molecular complexity index is 1210. The van der Waals surface area contributed by atoms with Gasteiger partial charge in [0.2, 0.25) is 5.91 Å². The molecule has 0 spiro atoms. The molecule has 2 aromatic carbocycles. The second-order valence-electron chi connectivity index (χ2n) is 10.6. The topological polar surface area (TPSA) is 120 Å². The monoisotopic (exact) mass is 589 g/mol. The zero-order chi connectivity index (χ0) is 30.8. The molecule has 2 aromatic rings. The standard InChI is InChI=1S/C31H42F3N5O3/c1-3-5-6-10-16-37-28(41)26-19-30(29(35)42,38-39(26)4-2)25(18-22-12-8-7-9-13-22)27(40)21-36-20-23-14-11-15-24(17-23)31(32,33)34/h7-9,11-15,17,19,25,27,36,38,40H,3-6,10,16,18,20-21H2,1-2H3,(H2,35,42)(H,37,41)/t25-,27+,30?/m1/s1. The van der Waals surface area contributed by atoms with Crippen molar-refractivity contribution in [1.29, 1.82) is 0 Å². The Morgan fingerprint density at radius 2 is 1.76 bits per heavy atom. The van der Waals surface area contributed by atoms with E-state index in [4.69, 9.17) is 5.73 Å². The summed E-state index contributed by atoms with van der Waals surface area (Å²) in [7, 11) is 0. The maximum absolute atomic E-state index is 13.2. The summed E-state index contributed by atoms with van der Waals surface area (Å²) in [4.78, 5) is 26.3. The minimum absolute atomic E-state index is 0.0383. The number of rotatable bonds is 16. The quantitative estimate of drug-likeness (QED) is 0.191. The van der Waals surface area contributed by atoms with Crippen LogP contribution in [-0.4, -0.2) is 53.2 Å². The lowest BCUT2D eigenvalue weighted by Gasteiger charge is -2.38. The molecule has 1 aliphatic rings. The molecular formula is C31H42F3N5O3. The van der Waals surface area contributed by atoms with Crippen molar-refractivity contribution in [3.63, 3.8) is 0 Å². The molecule has 42 heavy (non-hydrogen) atoms. The first-order chi connectivity index (χ1) is 20.0. The molecule has 0 saturated carbocycles. The van der Waals surface area contributed by atoms with Crippen LogP contribution < -0.4 is 21.8 Å². The minimum atomic E-state index is -4.46. The molecule has 1 aliphatic heterocycles. The first-order valence-corrected chi connectivity index (χ1v) is 14.5. The average molecular weight is 590 g/mol. The van der Waals surface area contributed by atoms with Gasteiger partial charge >= 0.3 is 6.18 Å². The number of alkyl halides is 3. The van der Waals surface area contributed by atoms with Crippen molar-refractivity contribution < 1.29 is 27.9 Å². The zero-order valence-electron chi connectivity index (χ0n) is 24.2. The number of unbranched alkanes of at least 4 members (excludes halogenated alkanes) is 3. The van der Waals surface area contributed by atoms with Crippen LogP contribution in [0, 0.1) is 5.92 Å². The van der Waals surface area contributed by atoms with Crippen LogP contribution in [0.25, 0.3) is 0 Å². The van der Waals surface area contributed by atoms with Crippen molar-refractivity contribution >= 4 is 11.8 Å². The van der Waals surface area contributed by atoms with E-state index in [-0.39, 0.29) is 31.1 Å². The highest BCUT2D eigenvalue weighted by molar-refractivity contribution is 5.97. The normalized spacial score (nSPS) is 18.4. The van der Waals surface area contributed by atoms with Crippen molar-refractivity contribution in [2.75, 3.05) is 19.6 Å². The number of carbonyl (C=O) groups is 2. The van der Waals surface area contributed by atoms with Crippen LogP contribution in [0.4, 0.5) is 13.2 Å². The molecule has 11 heteroatoms. The average Bonchev–Trinajstić information content (AvgIpc) is 3.37. The molecule has 0 aliphatic carbocycles. The number of aliphatic hydroxyl groups excluding tert-OH is 1. The third-order valence-electron chi connectivity index (χ3n) is 7.53. The third-order valence-corrected chi connectivity index (χ3v) is 7.53. The van der Waals surface area contributed by atoms with Gasteiger partial charge in [-0.15, -0.1) is 0 Å². The molecule has 0 aromatic heterocycles. The van der Waals surface area contributed by atoms with E-state index in [2.05, 4.69) is 23.0 Å². The predicted octanol–water partition coefficient (Wildman–Crippen LogP) is 3.66. The van der Waals surface area contributed by atoms with E-state index in [1.54, 1.807) is 11.1 Å². The highest BCUT2D eigenvalue weighted by atomic mass is 19.4. The number of nitrogens with zero attached hydrogens (tertiary/aromatic N) is 1. The Labute approximate surface area is 245 Å². The van der Waals surface area contributed by atoms with Gasteiger partial charge in [-0.05, 0) is 43.0 Å². The Balaban J connectivity index is 1.85. The lowest BCUT2D eigenvalue weighted by Crippen LogP contribution is -2.63. The van der Waals surface area contributed by atoms with Crippen LogP contribution in [0.5, 0.6) is 0 Å². The Morgan fingerprint density at radius 1 is 1.05 bits per heavy atom. The number of nitrogens with two attached hydrogens (primary N) is 1. The molecule has 0 fully saturated rings. The fourth-order valence-electron chi connectivity index (χ4n) is 5.22. The highest BCUT2D eigenvalue weighted by Gasteiger charge is 2.51. The van der Waals surface area contributed by atoms with Crippen LogP contribution in [0.3, 0.4) is 0 Å². The van der Waals surface area contributed by atoms with E-state index in [0.29, 0.717) is 18.7 Å². The van der Waals surface area contributed by atoms with Gasteiger partial charge in [-0.25, -0.2) is 5.43 Å². The van der Waals surface area contributed by atoms with Crippen LogP contribution in [0.1, 0.15) is 56.2 Å². The van der Waals surface area contributed by atoms with Gasteiger partial charge in [-0.2, -0.15) is 13.2 Å². The second kappa shape index (κ2) is 15.2. The van der Waals surface area contributed by atoms with Gasteiger partial charge in [0.1, 0.15) is 11.2 Å². The summed E-state index contributed by atoms with van der Waals surface area (Å²) < 4.78 is 39.4. The number of hydrogen-bond acceptors (Lipinski definition) is 6. The van der Waals surface area contributed by atoms with Gasteiger partial charge in [0.25, 0.3) is 5.91 Å². The van der Waals surface area contributed by atoms with E-state index in [0.717, 1.165) is 43.4 Å². The van der Waals surface area contributed by atoms with Crippen LogP contribution in [0.2, 0.25) is 0 Å². The predicted molar refractivity (Wildman–Crippen MR) is 155 cm³/mol. The SMILES string of the molecule is CCCCCCNC(=O)C1=CC(C(N)=O)([C@H](Cc2ccccc2)[C@@H](O)CNCc2cccc(C(F)(F)F)c2)NN1CC. The molecular weight excluding hydrogens is 547 g/mol. The van der Waals surface area contributed by atoms with Crippen LogP contribution >= 0.6 is 0 Å². The third kappa shape index (κ3) is 8.56. The van der Waals surface area contributed by atoms with E-state index in [1.807, 2.05) is 37.3 Å². The maximum atomic E-state index is 13.2. The van der Waals surface area contributed by atoms with Crippen molar-refractivity contribution in [3.8, 4) is 0 Å². The van der Waals surface area contributed by atoms with E-state index in [9.17, 15) is 27.9 Å². The fraction of sp³-hybridized carbons (Fsp3) is 0.484. The molecule has 2 amide bonds. The minimum Gasteiger partial charge on any atom is -0.391 e. The number of amides is 2. The zero-order valence-corrected chi connectivity index (χ0v) is 24.2. The summed E-state index contributed by atoms with van der Waals surface area (Å²) in [6, 6.07) is 14.2. The summed E-state index contributed by atoms with van der Waals surface area (Å²) in [5.41, 5.74) is 8.24. The number of hydrazine groups is 1. The van der Waals surface area contributed by atoms with Crippen molar-refractivity contribution in [2.24, 2.45) is 11.7 Å².